The molecule has 0 fully saturated rings. The summed E-state index contributed by atoms with van der Waals surface area (Å²) in [7, 11) is 0. The van der Waals surface area contributed by atoms with Crippen LogP contribution in [0.1, 0.15) is 32.8 Å². The number of aryl methyl sites for hydroxylation is 1. The minimum absolute atomic E-state index is 0.0109. The highest BCUT2D eigenvalue weighted by Crippen LogP contribution is 2.29. The first-order chi connectivity index (χ1) is 8.85. The van der Waals surface area contributed by atoms with Crippen LogP contribution >= 0.6 is 11.6 Å². The summed E-state index contributed by atoms with van der Waals surface area (Å²) in [6, 6.07) is 1.47. The Kier molecular flexibility index (Phi) is 5.50. The molecular weight excluding hydrogens is 270 g/mol. The number of pyridine rings is 1. The van der Waals surface area contributed by atoms with Crippen molar-refractivity contribution >= 4 is 23.1 Å². The fourth-order valence-electron chi connectivity index (χ4n) is 1.67. The molecule has 106 valence electrons. The second kappa shape index (κ2) is 6.68. The van der Waals surface area contributed by atoms with Crippen molar-refractivity contribution in [2.75, 3.05) is 5.32 Å². The van der Waals surface area contributed by atoms with Gasteiger partial charge in [0, 0.05) is 5.56 Å². The van der Waals surface area contributed by atoms with E-state index in [4.69, 9.17) is 16.3 Å². The van der Waals surface area contributed by atoms with E-state index in [-0.39, 0.29) is 29.0 Å². The van der Waals surface area contributed by atoms with Crippen molar-refractivity contribution in [1.29, 1.82) is 0 Å². The van der Waals surface area contributed by atoms with Gasteiger partial charge in [-0.3, -0.25) is 10.1 Å². The van der Waals surface area contributed by atoms with E-state index < -0.39 is 4.92 Å². The number of rotatable bonds is 6. The normalized spacial score (nSPS) is 12.5. The van der Waals surface area contributed by atoms with E-state index in [0.29, 0.717) is 12.0 Å². The van der Waals surface area contributed by atoms with Gasteiger partial charge in [-0.05, 0) is 33.3 Å². The molecule has 0 amide bonds. The lowest BCUT2D eigenvalue weighted by molar-refractivity contribution is -0.384. The maximum atomic E-state index is 11.1. The third kappa shape index (κ3) is 4.33. The molecular formula is C12H18ClN3O3. The van der Waals surface area contributed by atoms with Gasteiger partial charge in [0.1, 0.15) is 11.4 Å². The minimum Gasteiger partial charge on any atom is -0.356 e. The van der Waals surface area contributed by atoms with Crippen LogP contribution in [0, 0.1) is 17.0 Å². The highest BCUT2D eigenvalue weighted by Gasteiger charge is 2.22. The zero-order valence-electron chi connectivity index (χ0n) is 11.4. The number of halogens is 1. The molecule has 0 saturated heterocycles. The Morgan fingerprint density at radius 2 is 2.21 bits per heavy atom. The first kappa shape index (κ1) is 15.7. The molecule has 6 nitrogen and oxygen atoms in total. The Balaban J connectivity index is 3.07. The predicted octanol–water partition coefficient (Wildman–Crippen LogP) is 3.52. The van der Waals surface area contributed by atoms with Gasteiger partial charge in [0.15, 0.2) is 0 Å². The molecule has 19 heavy (non-hydrogen) atoms. The van der Waals surface area contributed by atoms with Gasteiger partial charge in [-0.15, -0.1) is 0 Å². The number of anilines is 1. The molecule has 0 aliphatic heterocycles. The van der Waals surface area contributed by atoms with Crippen molar-refractivity contribution in [2.45, 2.75) is 46.4 Å². The van der Waals surface area contributed by atoms with Crippen LogP contribution in [-0.4, -0.2) is 22.2 Å². The van der Waals surface area contributed by atoms with Crippen LogP contribution in [0.5, 0.6) is 0 Å². The van der Waals surface area contributed by atoms with Crippen LogP contribution in [0.25, 0.3) is 0 Å². The number of nitrogens with zero attached hydrogens (tertiary/aromatic N) is 2. The summed E-state index contributed by atoms with van der Waals surface area (Å²) in [6.45, 7) is 7.34. The molecule has 0 saturated carbocycles. The summed E-state index contributed by atoms with van der Waals surface area (Å²) < 4.78 is 5.60. The Morgan fingerprint density at radius 1 is 1.58 bits per heavy atom. The van der Waals surface area contributed by atoms with Gasteiger partial charge in [-0.2, -0.15) is 0 Å². The maximum absolute atomic E-state index is 11.1. The minimum atomic E-state index is -0.469. The molecule has 1 unspecified atom stereocenters. The van der Waals surface area contributed by atoms with E-state index >= 15 is 0 Å². The number of aromatic nitrogens is 1. The zero-order valence-corrected chi connectivity index (χ0v) is 12.2. The Bertz CT molecular complexity index is 466. The van der Waals surface area contributed by atoms with Crippen molar-refractivity contribution in [1.82, 2.24) is 4.98 Å². The van der Waals surface area contributed by atoms with Crippen LogP contribution in [0.3, 0.4) is 0 Å². The Hall–Kier alpha value is -1.40. The van der Waals surface area contributed by atoms with E-state index in [9.17, 15) is 10.1 Å². The number of nitro groups is 1. The lowest BCUT2D eigenvalue weighted by atomic mass is 10.2. The van der Waals surface area contributed by atoms with Crippen molar-refractivity contribution < 1.29 is 9.66 Å². The van der Waals surface area contributed by atoms with Gasteiger partial charge in [-0.1, -0.05) is 18.5 Å². The number of hydrogen-bond donors (Lipinski definition) is 1. The van der Waals surface area contributed by atoms with Crippen molar-refractivity contribution in [3.05, 3.63) is 26.9 Å². The van der Waals surface area contributed by atoms with Crippen LogP contribution < -0.4 is 5.32 Å². The van der Waals surface area contributed by atoms with Crippen molar-refractivity contribution in [3.63, 3.8) is 0 Å². The van der Waals surface area contributed by atoms with Crippen LogP contribution in [0.4, 0.5) is 11.5 Å². The van der Waals surface area contributed by atoms with Crippen molar-refractivity contribution in [2.24, 2.45) is 0 Å². The Labute approximate surface area is 117 Å². The van der Waals surface area contributed by atoms with E-state index in [2.05, 4.69) is 10.3 Å². The van der Waals surface area contributed by atoms with E-state index in [1.165, 1.54) is 6.07 Å². The highest BCUT2D eigenvalue weighted by atomic mass is 35.5. The molecule has 1 N–H and O–H groups in total. The van der Waals surface area contributed by atoms with E-state index in [0.717, 1.165) is 0 Å². The number of nitrogens with one attached hydrogen (secondary N) is 1. The fourth-order valence-corrected chi connectivity index (χ4v) is 1.92. The molecule has 7 heteroatoms. The average molecular weight is 288 g/mol. The van der Waals surface area contributed by atoms with Gasteiger partial charge < -0.3 is 10.1 Å². The number of ether oxygens (including phenoxy) is 1. The molecule has 0 aromatic carbocycles. The summed E-state index contributed by atoms with van der Waals surface area (Å²) in [5, 5.41) is 14.2. The SMILES string of the molecule is CCC(Nc1nc(Cl)cc(C)c1[N+](=O)[O-])OC(C)C. The number of hydrogen-bond acceptors (Lipinski definition) is 5. The molecule has 1 atom stereocenters. The average Bonchev–Trinajstić information content (AvgIpc) is 2.25. The monoisotopic (exact) mass is 287 g/mol. The van der Waals surface area contributed by atoms with Crippen LogP contribution in [0.15, 0.2) is 6.07 Å². The maximum Gasteiger partial charge on any atom is 0.314 e. The van der Waals surface area contributed by atoms with Gasteiger partial charge in [-0.25, -0.2) is 4.98 Å². The molecule has 1 aromatic rings. The lowest BCUT2D eigenvalue weighted by Gasteiger charge is -2.21. The van der Waals surface area contributed by atoms with Crippen LogP contribution in [0.2, 0.25) is 5.15 Å². The van der Waals surface area contributed by atoms with Gasteiger partial charge >= 0.3 is 5.69 Å². The third-order valence-electron chi connectivity index (χ3n) is 2.44. The molecule has 1 aromatic heterocycles. The quantitative estimate of drug-likeness (QED) is 0.375. The predicted molar refractivity (Wildman–Crippen MR) is 74.6 cm³/mol. The molecule has 0 aliphatic rings. The summed E-state index contributed by atoms with van der Waals surface area (Å²) >= 11 is 5.84. The highest BCUT2D eigenvalue weighted by molar-refractivity contribution is 6.29. The summed E-state index contributed by atoms with van der Waals surface area (Å²) in [5.74, 6) is 0.141. The third-order valence-corrected chi connectivity index (χ3v) is 2.63. The standard InChI is InChI=1S/C12H18ClN3O3/c1-5-10(19-7(2)3)15-12-11(16(17)18)8(4)6-9(13)14-12/h6-7,10H,5H2,1-4H3,(H,14,15). The lowest BCUT2D eigenvalue weighted by Crippen LogP contribution is -2.26. The first-order valence-electron chi connectivity index (χ1n) is 6.08. The fraction of sp³-hybridized carbons (Fsp3) is 0.583. The molecule has 0 spiro atoms. The summed E-state index contributed by atoms with van der Waals surface area (Å²) in [5.41, 5.74) is 0.391. The second-order valence-corrected chi connectivity index (χ2v) is 4.83. The topological polar surface area (TPSA) is 77.3 Å². The van der Waals surface area contributed by atoms with Crippen molar-refractivity contribution in [3.8, 4) is 0 Å². The molecule has 1 rings (SSSR count). The zero-order chi connectivity index (χ0) is 14.6. The molecule has 1 heterocycles. The van der Waals surface area contributed by atoms with Crippen LogP contribution in [-0.2, 0) is 4.74 Å². The molecule has 0 aliphatic carbocycles. The van der Waals surface area contributed by atoms with Gasteiger partial charge in [0.25, 0.3) is 0 Å². The largest absolute Gasteiger partial charge is 0.356 e. The Morgan fingerprint density at radius 3 is 2.68 bits per heavy atom. The summed E-state index contributed by atoms with van der Waals surface area (Å²) in [4.78, 5) is 14.6. The van der Waals surface area contributed by atoms with Gasteiger partial charge in [0.2, 0.25) is 5.82 Å². The van der Waals surface area contributed by atoms with Gasteiger partial charge in [0.05, 0.1) is 11.0 Å². The molecule has 0 bridgehead atoms. The smallest absolute Gasteiger partial charge is 0.314 e. The van der Waals surface area contributed by atoms with E-state index in [1.54, 1.807) is 6.92 Å². The molecule has 0 radical (unpaired) electrons. The second-order valence-electron chi connectivity index (χ2n) is 4.44. The first-order valence-corrected chi connectivity index (χ1v) is 6.46. The summed E-state index contributed by atoms with van der Waals surface area (Å²) in [6.07, 6.45) is 0.323. The van der Waals surface area contributed by atoms with E-state index in [1.807, 2.05) is 20.8 Å².